The number of carbonyl (C=O) groups excluding carboxylic acids is 1. The van der Waals surface area contributed by atoms with Crippen molar-refractivity contribution in [2.75, 3.05) is 5.32 Å². The van der Waals surface area contributed by atoms with E-state index in [0.717, 1.165) is 10.0 Å². The van der Waals surface area contributed by atoms with Gasteiger partial charge in [-0.15, -0.1) is 0 Å². The van der Waals surface area contributed by atoms with Crippen LogP contribution in [0.5, 0.6) is 0 Å². The number of anilines is 1. The van der Waals surface area contributed by atoms with Gasteiger partial charge in [-0.25, -0.2) is 4.98 Å². The zero-order valence-corrected chi connectivity index (χ0v) is 10.1. The Morgan fingerprint density at radius 1 is 1.50 bits per heavy atom. The van der Waals surface area contributed by atoms with Gasteiger partial charge in [-0.1, -0.05) is 0 Å². The Hall–Kier alpha value is -1.62. The molecule has 0 aliphatic carbocycles. The van der Waals surface area contributed by atoms with Crippen molar-refractivity contribution in [1.29, 1.82) is 0 Å². The lowest BCUT2D eigenvalue weighted by Crippen LogP contribution is -2.13. The minimum absolute atomic E-state index is 0.303. The topological polar surface area (TPSA) is 55.1 Å². The fraction of sp³-hybridized carbons (Fsp3) is 0.0909. The minimum atomic E-state index is -0.304. The summed E-state index contributed by atoms with van der Waals surface area (Å²) < 4.78 is 5.81. The Balaban J connectivity index is 2.21. The Labute approximate surface area is 101 Å². The van der Waals surface area contributed by atoms with Crippen LogP contribution in [-0.2, 0) is 0 Å². The highest BCUT2D eigenvalue weighted by Gasteiger charge is 2.14. The first kappa shape index (κ1) is 10.9. The molecule has 2 heterocycles. The summed E-state index contributed by atoms with van der Waals surface area (Å²) in [6.45, 7) is 1.81. The highest BCUT2D eigenvalue weighted by molar-refractivity contribution is 9.10. The largest absolute Gasteiger partial charge is 0.459 e. The maximum atomic E-state index is 11.8. The molecule has 0 saturated carbocycles. The summed E-state index contributed by atoms with van der Waals surface area (Å²) in [4.78, 5) is 15.8. The number of carbonyl (C=O) groups is 1. The van der Waals surface area contributed by atoms with Gasteiger partial charge in [0.2, 0.25) is 0 Å². The third-order valence-electron chi connectivity index (χ3n) is 2.06. The van der Waals surface area contributed by atoms with Gasteiger partial charge in [0.05, 0.1) is 10.7 Å². The van der Waals surface area contributed by atoms with E-state index < -0.39 is 0 Å². The smallest absolute Gasteiger partial charge is 0.292 e. The van der Waals surface area contributed by atoms with Crippen LogP contribution >= 0.6 is 15.9 Å². The molecule has 2 aromatic rings. The predicted octanol–water partition coefficient (Wildman–Crippen LogP) is 3.00. The molecule has 0 aliphatic heterocycles. The number of rotatable bonds is 2. The van der Waals surface area contributed by atoms with Gasteiger partial charge in [0.25, 0.3) is 5.91 Å². The second-order valence-corrected chi connectivity index (χ2v) is 4.08. The van der Waals surface area contributed by atoms with E-state index in [0.29, 0.717) is 11.6 Å². The summed E-state index contributed by atoms with van der Waals surface area (Å²) in [5.41, 5.74) is 0.796. The van der Waals surface area contributed by atoms with Crippen molar-refractivity contribution < 1.29 is 9.21 Å². The number of nitrogens with one attached hydrogen (secondary N) is 1. The average molecular weight is 281 g/mol. The van der Waals surface area contributed by atoms with Crippen LogP contribution in [0.25, 0.3) is 0 Å². The van der Waals surface area contributed by atoms with E-state index >= 15 is 0 Å². The molecule has 2 rings (SSSR count). The number of nitrogens with zero attached hydrogens (tertiary/aromatic N) is 1. The van der Waals surface area contributed by atoms with Crippen molar-refractivity contribution in [1.82, 2.24) is 4.98 Å². The molecule has 1 N–H and O–H groups in total. The van der Waals surface area contributed by atoms with E-state index in [-0.39, 0.29) is 5.91 Å². The van der Waals surface area contributed by atoms with Crippen LogP contribution in [0.1, 0.15) is 16.1 Å². The van der Waals surface area contributed by atoms with Crippen molar-refractivity contribution in [2.24, 2.45) is 0 Å². The first-order valence-electron chi connectivity index (χ1n) is 4.64. The third kappa shape index (κ3) is 2.14. The van der Waals surface area contributed by atoms with Gasteiger partial charge in [-0.05, 0) is 41.1 Å². The highest BCUT2D eigenvalue weighted by Crippen LogP contribution is 2.19. The molecule has 0 spiro atoms. The first-order chi connectivity index (χ1) is 7.68. The third-order valence-corrected chi connectivity index (χ3v) is 2.70. The van der Waals surface area contributed by atoms with E-state index in [1.807, 2.05) is 6.92 Å². The SMILES string of the molecule is Cc1ccoc1C(=O)Nc1ncccc1Br. The van der Waals surface area contributed by atoms with Gasteiger partial charge < -0.3 is 9.73 Å². The molecule has 0 unspecified atom stereocenters. The minimum Gasteiger partial charge on any atom is -0.459 e. The maximum absolute atomic E-state index is 11.8. The summed E-state index contributed by atoms with van der Waals surface area (Å²) in [5, 5.41) is 2.66. The molecule has 0 aromatic carbocycles. The molecule has 82 valence electrons. The molecule has 1 amide bonds. The van der Waals surface area contributed by atoms with Crippen molar-refractivity contribution in [2.45, 2.75) is 6.92 Å². The highest BCUT2D eigenvalue weighted by atomic mass is 79.9. The quantitative estimate of drug-likeness (QED) is 0.920. The van der Waals surface area contributed by atoms with E-state index in [1.165, 1.54) is 6.26 Å². The van der Waals surface area contributed by atoms with Gasteiger partial charge in [0.15, 0.2) is 5.76 Å². The van der Waals surface area contributed by atoms with Crippen molar-refractivity contribution in [3.8, 4) is 0 Å². The van der Waals surface area contributed by atoms with Crippen LogP contribution in [0.2, 0.25) is 0 Å². The number of aryl methyl sites for hydroxylation is 1. The van der Waals surface area contributed by atoms with Crippen molar-refractivity contribution in [3.05, 3.63) is 46.5 Å². The lowest BCUT2D eigenvalue weighted by atomic mass is 10.3. The van der Waals surface area contributed by atoms with E-state index in [9.17, 15) is 4.79 Å². The average Bonchev–Trinajstić information content (AvgIpc) is 2.68. The summed E-state index contributed by atoms with van der Waals surface area (Å²) in [7, 11) is 0. The summed E-state index contributed by atoms with van der Waals surface area (Å²) in [6.07, 6.45) is 3.09. The van der Waals surface area contributed by atoms with Gasteiger partial charge in [0, 0.05) is 11.8 Å². The zero-order valence-electron chi connectivity index (χ0n) is 8.53. The van der Waals surface area contributed by atoms with Gasteiger partial charge in [-0.3, -0.25) is 4.79 Å². The molecular weight excluding hydrogens is 272 g/mol. The van der Waals surface area contributed by atoms with Crippen LogP contribution in [0.4, 0.5) is 5.82 Å². The summed E-state index contributed by atoms with van der Waals surface area (Å²) >= 11 is 3.30. The molecule has 16 heavy (non-hydrogen) atoms. The standard InChI is InChI=1S/C11H9BrN2O2/c1-7-4-6-16-9(7)11(15)14-10-8(12)3-2-5-13-10/h2-6H,1H3,(H,13,14,15). The molecule has 0 radical (unpaired) electrons. The lowest BCUT2D eigenvalue weighted by Gasteiger charge is -2.04. The van der Waals surface area contributed by atoms with Crippen LogP contribution < -0.4 is 5.32 Å². The zero-order chi connectivity index (χ0) is 11.5. The van der Waals surface area contributed by atoms with Crippen molar-refractivity contribution in [3.63, 3.8) is 0 Å². The Morgan fingerprint density at radius 2 is 2.31 bits per heavy atom. The molecule has 0 fully saturated rings. The Kier molecular flexibility index (Phi) is 3.05. The van der Waals surface area contributed by atoms with Gasteiger partial charge in [-0.2, -0.15) is 0 Å². The molecular formula is C11H9BrN2O2. The fourth-order valence-corrected chi connectivity index (χ4v) is 1.60. The molecule has 5 heteroatoms. The number of halogens is 1. The maximum Gasteiger partial charge on any atom is 0.292 e. The number of amides is 1. The number of pyridine rings is 1. The van der Waals surface area contributed by atoms with Crippen molar-refractivity contribution >= 4 is 27.7 Å². The second-order valence-electron chi connectivity index (χ2n) is 3.22. The van der Waals surface area contributed by atoms with Gasteiger partial charge >= 0.3 is 0 Å². The van der Waals surface area contributed by atoms with Crippen LogP contribution in [0.3, 0.4) is 0 Å². The monoisotopic (exact) mass is 280 g/mol. The fourth-order valence-electron chi connectivity index (χ4n) is 1.25. The molecule has 4 nitrogen and oxygen atoms in total. The summed E-state index contributed by atoms with van der Waals surface area (Å²) in [6, 6.07) is 5.32. The molecule has 0 saturated heterocycles. The predicted molar refractivity (Wildman–Crippen MR) is 63.3 cm³/mol. The normalized spacial score (nSPS) is 10.1. The molecule has 0 atom stereocenters. The number of hydrogen-bond acceptors (Lipinski definition) is 3. The van der Waals surface area contributed by atoms with Crippen LogP contribution in [0.15, 0.2) is 39.5 Å². The van der Waals surface area contributed by atoms with E-state index in [2.05, 4.69) is 26.2 Å². The number of furan rings is 1. The van der Waals surface area contributed by atoms with Crippen LogP contribution in [-0.4, -0.2) is 10.9 Å². The Bertz CT molecular complexity index is 522. The molecule has 0 aliphatic rings. The second kappa shape index (κ2) is 4.49. The number of aromatic nitrogens is 1. The molecule has 2 aromatic heterocycles. The van der Waals surface area contributed by atoms with Crippen LogP contribution in [0, 0.1) is 6.92 Å². The first-order valence-corrected chi connectivity index (χ1v) is 5.44. The van der Waals surface area contributed by atoms with Gasteiger partial charge in [0.1, 0.15) is 5.82 Å². The number of hydrogen-bond donors (Lipinski definition) is 1. The molecule has 0 bridgehead atoms. The van der Waals surface area contributed by atoms with E-state index in [1.54, 1.807) is 24.4 Å². The van der Waals surface area contributed by atoms with E-state index in [4.69, 9.17) is 4.42 Å². The lowest BCUT2D eigenvalue weighted by molar-refractivity contribution is 0.0995. The summed E-state index contributed by atoms with van der Waals surface area (Å²) in [5.74, 6) is 0.475. The Morgan fingerprint density at radius 3 is 2.94 bits per heavy atom.